The van der Waals surface area contributed by atoms with Crippen LogP contribution in [-0.2, 0) is 37.8 Å². The van der Waals surface area contributed by atoms with E-state index in [0.717, 1.165) is 47.7 Å². The molecule has 2 aliphatic rings. The molecule has 0 bridgehead atoms. The Morgan fingerprint density at radius 3 is 2.46 bits per heavy atom. The van der Waals surface area contributed by atoms with Gasteiger partial charge >= 0.3 is 5.97 Å². The first-order chi connectivity index (χ1) is 17.9. The molecule has 37 heavy (non-hydrogen) atoms. The molecule has 3 aromatic rings. The highest BCUT2D eigenvalue weighted by atomic mass is 16.7. The Morgan fingerprint density at radius 2 is 1.78 bits per heavy atom. The van der Waals surface area contributed by atoms with Crippen molar-refractivity contribution in [3.63, 3.8) is 0 Å². The summed E-state index contributed by atoms with van der Waals surface area (Å²) in [5.41, 5.74) is 2.21. The molecule has 8 nitrogen and oxygen atoms in total. The Balaban J connectivity index is 1.71. The number of ether oxygens (including phenoxy) is 3. The lowest BCUT2D eigenvalue weighted by Crippen LogP contribution is -2.44. The molecule has 0 unspecified atom stereocenters. The predicted molar refractivity (Wildman–Crippen MR) is 139 cm³/mol. The maximum atomic E-state index is 13.7. The Hall–Kier alpha value is -3.07. The normalized spacial score (nSPS) is 18.1. The molecule has 1 aromatic carbocycles. The van der Waals surface area contributed by atoms with Gasteiger partial charge in [0, 0.05) is 22.1 Å². The molecule has 0 amide bonds. The Labute approximate surface area is 216 Å². The fourth-order valence-corrected chi connectivity index (χ4v) is 5.21. The average Bonchev–Trinajstić information content (AvgIpc) is 3.27. The number of esters is 1. The van der Waals surface area contributed by atoms with Crippen LogP contribution in [0.5, 0.6) is 0 Å². The lowest BCUT2D eigenvalue weighted by molar-refractivity contribution is -0.172. The number of hydrogen-bond acceptors (Lipinski definition) is 7. The van der Waals surface area contributed by atoms with Gasteiger partial charge in [-0.2, -0.15) is 0 Å². The van der Waals surface area contributed by atoms with Crippen molar-refractivity contribution in [3.8, 4) is 11.4 Å². The van der Waals surface area contributed by atoms with Gasteiger partial charge in [-0.15, -0.1) is 0 Å². The summed E-state index contributed by atoms with van der Waals surface area (Å²) in [6.45, 7) is 7.19. The first-order valence-electron chi connectivity index (χ1n) is 13.3. The van der Waals surface area contributed by atoms with Gasteiger partial charge in [0.05, 0.1) is 42.2 Å². The molecular formula is C29H34N2O6. The maximum absolute atomic E-state index is 13.7. The van der Waals surface area contributed by atoms with Gasteiger partial charge in [-0.25, -0.2) is 9.78 Å². The number of benzene rings is 1. The number of aliphatic hydroxyl groups is 1. The van der Waals surface area contributed by atoms with Crippen molar-refractivity contribution in [2.75, 3.05) is 13.2 Å². The summed E-state index contributed by atoms with van der Waals surface area (Å²) in [7, 11) is 0. The van der Waals surface area contributed by atoms with E-state index < -0.39 is 17.9 Å². The van der Waals surface area contributed by atoms with Crippen LogP contribution in [0.3, 0.4) is 0 Å². The number of pyridine rings is 2. The summed E-state index contributed by atoms with van der Waals surface area (Å²) < 4.78 is 19.5. The molecule has 1 N–H and O–H groups in total. The number of cyclic esters (lactones) is 1. The molecule has 0 fully saturated rings. The van der Waals surface area contributed by atoms with Crippen molar-refractivity contribution >= 4 is 16.9 Å². The third kappa shape index (κ3) is 4.27. The SMILES string of the molecule is CCCCOC(OCCCC)c1c2c(nc3ccccc13)-c1cc3c(c(=O)n1C2)COC(=O)[C@]3(O)CC. The van der Waals surface area contributed by atoms with Crippen molar-refractivity contribution in [1.82, 2.24) is 9.55 Å². The zero-order chi connectivity index (χ0) is 26.2. The standard InChI is InChI=1S/C29H34N2O6/c1-4-7-13-35-27(36-14-8-5-2)24-18-11-9-10-12-22(18)30-25-19(24)16-31-23(25)15-21-20(26(31)32)17-37-28(33)29(21,34)6-3/h9-12,15,27,34H,4-8,13-14,16-17H2,1-3H3/t29-/m0/s1. The molecule has 0 spiro atoms. The third-order valence-electron chi connectivity index (χ3n) is 7.41. The quantitative estimate of drug-likeness (QED) is 0.189. The van der Waals surface area contributed by atoms with Crippen LogP contribution < -0.4 is 5.56 Å². The van der Waals surface area contributed by atoms with E-state index in [1.807, 2.05) is 24.3 Å². The second-order valence-electron chi connectivity index (χ2n) is 9.75. The summed E-state index contributed by atoms with van der Waals surface area (Å²) in [6, 6.07) is 9.58. The van der Waals surface area contributed by atoms with E-state index in [1.165, 1.54) is 0 Å². The van der Waals surface area contributed by atoms with E-state index in [4.69, 9.17) is 19.2 Å². The van der Waals surface area contributed by atoms with Gasteiger partial charge in [0.2, 0.25) is 0 Å². The highest BCUT2D eigenvalue weighted by Crippen LogP contribution is 2.42. The zero-order valence-corrected chi connectivity index (χ0v) is 21.7. The van der Waals surface area contributed by atoms with Crippen molar-refractivity contribution in [2.24, 2.45) is 0 Å². The lowest BCUT2D eigenvalue weighted by Gasteiger charge is -2.31. The van der Waals surface area contributed by atoms with Crippen LogP contribution in [0, 0.1) is 0 Å². The maximum Gasteiger partial charge on any atom is 0.343 e. The summed E-state index contributed by atoms with van der Waals surface area (Å²) in [5, 5.41) is 12.1. The van der Waals surface area contributed by atoms with Crippen molar-refractivity contribution in [1.29, 1.82) is 0 Å². The van der Waals surface area contributed by atoms with Gasteiger partial charge in [-0.3, -0.25) is 4.79 Å². The summed E-state index contributed by atoms with van der Waals surface area (Å²) >= 11 is 0. The third-order valence-corrected chi connectivity index (χ3v) is 7.41. The molecule has 1 atom stereocenters. The fourth-order valence-electron chi connectivity index (χ4n) is 5.21. The topological polar surface area (TPSA) is 99.9 Å². The van der Waals surface area contributed by atoms with E-state index in [2.05, 4.69) is 13.8 Å². The Bertz CT molecular complexity index is 1390. The van der Waals surface area contributed by atoms with Gasteiger partial charge in [0.15, 0.2) is 11.9 Å². The van der Waals surface area contributed by atoms with E-state index >= 15 is 0 Å². The first kappa shape index (κ1) is 25.6. The van der Waals surface area contributed by atoms with Gasteiger partial charge in [0.1, 0.15) is 6.61 Å². The van der Waals surface area contributed by atoms with E-state index in [-0.39, 0.29) is 18.6 Å². The van der Waals surface area contributed by atoms with Crippen molar-refractivity contribution in [3.05, 3.63) is 62.9 Å². The van der Waals surface area contributed by atoms with E-state index in [9.17, 15) is 14.7 Å². The first-order valence-corrected chi connectivity index (χ1v) is 13.3. The zero-order valence-electron chi connectivity index (χ0n) is 21.7. The number of hydrogen-bond donors (Lipinski definition) is 1. The van der Waals surface area contributed by atoms with Crippen molar-refractivity contribution < 1.29 is 24.1 Å². The molecule has 0 aliphatic carbocycles. The highest BCUT2D eigenvalue weighted by Gasteiger charge is 2.45. The number of aromatic nitrogens is 2. The minimum absolute atomic E-state index is 0.101. The largest absolute Gasteiger partial charge is 0.458 e. The molecule has 5 rings (SSSR count). The number of nitrogens with zero attached hydrogens (tertiary/aromatic N) is 2. The van der Waals surface area contributed by atoms with Crippen LogP contribution in [-0.4, -0.2) is 33.8 Å². The number of fused-ring (bicyclic) bond motifs is 5. The Morgan fingerprint density at radius 1 is 1.08 bits per heavy atom. The fraction of sp³-hybridized carbons (Fsp3) is 0.483. The van der Waals surface area contributed by atoms with Crippen LogP contribution in [0.15, 0.2) is 35.1 Å². The number of rotatable bonds is 10. The van der Waals surface area contributed by atoms with Crippen LogP contribution in [0.4, 0.5) is 0 Å². The van der Waals surface area contributed by atoms with Crippen LogP contribution in [0.2, 0.25) is 0 Å². The van der Waals surface area contributed by atoms with Gasteiger partial charge in [-0.1, -0.05) is 51.8 Å². The smallest absolute Gasteiger partial charge is 0.343 e. The molecule has 0 saturated carbocycles. The highest BCUT2D eigenvalue weighted by molar-refractivity contribution is 5.89. The van der Waals surface area contributed by atoms with Gasteiger partial charge in [-0.05, 0) is 31.4 Å². The van der Waals surface area contributed by atoms with E-state index in [1.54, 1.807) is 17.6 Å². The monoisotopic (exact) mass is 506 g/mol. The molecule has 0 saturated heterocycles. The molecule has 8 heteroatoms. The number of carbonyl (C=O) groups excluding carboxylic acids is 1. The van der Waals surface area contributed by atoms with Gasteiger partial charge in [0.25, 0.3) is 5.56 Å². The van der Waals surface area contributed by atoms with E-state index in [0.29, 0.717) is 42.3 Å². The summed E-state index contributed by atoms with van der Waals surface area (Å²) in [5.74, 6) is -0.731. The van der Waals surface area contributed by atoms with Gasteiger partial charge < -0.3 is 23.9 Å². The molecular weight excluding hydrogens is 472 g/mol. The molecule has 196 valence electrons. The molecule has 2 aliphatic heterocycles. The second-order valence-corrected chi connectivity index (χ2v) is 9.75. The van der Waals surface area contributed by atoms with Crippen LogP contribution in [0.25, 0.3) is 22.3 Å². The van der Waals surface area contributed by atoms with Crippen molar-refractivity contribution in [2.45, 2.75) is 77.9 Å². The minimum atomic E-state index is -1.86. The molecule has 0 radical (unpaired) electrons. The lowest BCUT2D eigenvalue weighted by atomic mass is 9.86. The minimum Gasteiger partial charge on any atom is -0.458 e. The number of carbonyl (C=O) groups is 1. The number of unbranched alkanes of at least 4 members (excludes halogenated alkanes) is 2. The Kier molecular flexibility index (Phi) is 7.16. The molecule has 4 heterocycles. The van der Waals surface area contributed by atoms with Crippen LogP contribution >= 0.6 is 0 Å². The van der Waals surface area contributed by atoms with Crippen LogP contribution in [0.1, 0.15) is 81.4 Å². The second kappa shape index (κ2) is 10.4. The number of para-hydroxylation sites is 1. The summed E-state index contributed by atoms with van der Waals surface area (Å²) in [4.78, 5) is 31.1. The predicted octanol–water partition coefficient (Wildman–Crippen LogP) is 4.71. The average molecular weight is 507 g/mol. The summed E-state index contributed by atoms with van der Waals surface area (Å²) in [6.07, 6.45) is 3.33. The molecule has 2 aromatic heterocycles.